The molecular weight excluding hydrogens is 190 g/mol. The van der Waals surface area contributed by atoms with Gasteiger partial charge in [-0.25, -0.2) is 0 Å². The standard InChI is InChI=1S/C8H9N3O.ClH/c9-4-5-1-2-7-6(3-5)8(10)11-12-7;/h1-3H,4,9H2,(H2,10,11);1H. The molecule has 0 atom stereocenters. The number of nitrogen functional groups attached to an aromatic ring is 1. The Morgan fingerprint density at radius 2 is 2.15 bits per heavy atom. The summed E-state index contributed by atoms with van der Waals surface area (Å²) in [6.45, 7) is 0.501. The summed E-state index contributed by atoms with van der Waals surface area (Å²) >= 11 is 0. The summed E-state index contributed by atoms with van der Waals surface area (Å²) in [7, 11) is 0. The van der Waals surface area contributed by atoms with Crippen LogP contribution in [0.5, 0.6) is 0 Å². The highest BCUT2D eigenvalue weighted by molar-refractivity contribution is 5.87. The quantitative estimate of drug-likeness (QED) is 0.726. The number of aromatic nitrogens is 1. The normalized spacial score (nSPS) is 9.92. The largest absolute Gasteiger partial charge is 0.380 e. The SMILES string of the molecule is Cl.NCc1ccc2onc(N)c2c1. The lowest BCUT2D eigenvalue weighted by Crippen LogP contribution is -1.95. The molecule has 0 bridgehead atoms. The lowest BCUT2D eigenvalue weighted by atomic mass is 10.1. The molecule has 2 aromatic rings. The first-order valence-electron chi connectivity index (χ1n) is 3.65. The van der Waals surface area contributed by atoms with Gasteiger partial charge in [0, 0.05) is 6.54 Å². The molecule has 0 aliphatic carbocycles. The van der Waals surface area contributed by atoms with Crippen molar-refractivity contribution in [1.82, 2.24) is 5.16 Å². The van der Waals surface area contributed by atoms with Crippen LogP contribution < -0.4 is 11.5 Å². The van der Waals surface area contributed by atoms with E-state index in [4.69, 9.17) is 16.0 Å². The van der Waals surface area contributed by atoms with Crippen LogP contribution in [-0.4, -0.2) is 5.16 Å². The van der Waals surface area contributed by atoms with Crippen molar-refractivity contribution in [2.75, 3.05) is 5.73 Å². The highest BCUT2D eigenvalue weighted by Gasteiger charge is 2.03. The molecule has 0 aliphatic rings. The van der Waals surface area contributed by atoms with E-state index in [0.29, 0.717) is 17.9 Å². The van der Waals surface area contributed by atoms with Crippen molar-refractivity contribution in [3.63, 3.8) is 0 Å². The second-order valence-corrected chi connectivity index (χ2v) is 2.60. The summed E-state index contributed by atoms with van der Waals surface area (Å²) < 4.78 is 4.93. The average Bonchev–Trinajstić information content (AvgIpc) is 2.47. The Hall–Kier alpha value is -1.26. The molecule has 0 saturated heterocycles. The third-order valence-electron chi connectivity index (χ3n) is 1.80. The minimum atomic E-state index is 0. The number of anilines is 1. The molecule has 1 aromatic heterocycles. The molecule has 0 saturated carbocycles. The topological polar surface area (TPSA) is 78.1 Å². The molecule has 0 unspecified atom stereocenters. The van der Waals surface area contributed by atoms with Crippen LogP contribution in [0.25, 0.3) is 11.0 Å². The van der Waals surface area contributed by atoms with Gasteiger partial charge in [-0.2, -0.15) is 0 Å². The second kappa shape index (κ2) is 3.64. The average molecular weight is 200 g/mol. The molecular formula is C8H10ClN3O. The molecule has 13 heavy (non-hydrogen) atoms. The first-order chi connectivity index (χ1) is 5.81. The zero-order chi connectivity index (χ0) is 8.55. The molecule has 1 heterocycles. The monoisotopic (exact) mass is 199 g/mol. The van der Waals surface area contributed by atoms with E-state index in [1.54, 1.807) is 0 Å². The first-order valence-corrected chi connectivity index (χ1v) is 3.65. The Balaban J connectivity index is 0.000000845. The lowest BCUT2D eigenvalue weighted by Gasteiger charge is -1.94. The van der Waals surface area contributed by atoms with Gasteiger partial charge < -0.3 is 16.0 Å². The van der Waals surface area contributed by atoms with Gasteiger partial charge in [-0.1, -0.05) is 11.2 Å². The fourth-order valence-electron chi connectivity index (χ4n) is 1.13. The van der Waals surface area contributed by atoms with Crippen LogP contribution >= 0.6 is 12.4 Å². The van der Waals surface area contributed by atoms with Gasteiger partial charge in [-0.3, -0.25) is 0 Å². The van der Waals surface area contributed by atoms with Crippen molar-refractivity contribution in [2.24, 2.45) is 5.73 Å². The van der Waals surface area contributed by atoms with Gasteiger partial charge in [-0.15, -0.1) is 12.4 Å². The molecule has 0 spiro atoms. The number of benzene rings is 1. The fraction of sp³-hybridized carbons (Fsp3) is 0.125. The van der Waals surface area contributed by atoms with E-state index in [0.717, 1.165) is 10.9 Å². The summed E-state index contributed by atoms with van der Waals surface area (Å²) in [5.74, 6) is 0.417. The number of hydrogen-bond acceptors (Lipinski definition) is 4. The van der Waals surface area contributed by atoms with Crippen molar-refractivity contribution < 1.29 is 4.52 Å². The smallest absolute Gasteiger partial charge is 0.174 e. The van der Waals surface area contributed by atoms with E-state index in [1.165, 1.54) is 0 Å². The molecule has 4 N–H and O–H groups in total. The first kappa shape index (κ1) is 9.83. The third kappa shape index (κ3) is 1.59. The van der Waals surface area contributed by atoms with Crippen LogP contribution in [0, 0.1) is 0 Å². The van der Waals surface area contributed by atoms with Crippen LogP contribution in [0.1, 0.15) is 5.56 Å². The Kier molecular flexibility index (Phi) is 2.75. The summed E-state index contributed by atoms with van der Waals surface area (Å²) in [5.41, 5.74) is 12.7. The number of hydrogen-bond donors (Lipinski definition) is 2. The van der Waals surface area contributed by atoms with Crippen molar-refractivity contribution in [3.8, 4) is 0 Å². The van der Waals surface area contributed by atoms with E-state index < -0.39 is 0 Å². The zero-order valence-corrected chi connectivity index (χ0v) is 7.67. The Morgan fingerprint density at radius 3 is 2.85 bits per heavy atom. The minimum absolute atomic E-state index is 0. The molecule has 70 valence electrons. The van der Waals surface area contributed by atoms with E-state index in [9.17, 15) is 0 Å². The molecule has 0 aliphatic heterocycles. The number of fused-ring (bicyclic) bond motifs is 1. The van der Waals surface area contributed by atoms with E-state index in [1.807, 2.05) is 18.2 Å². The van der Waals surface area contributed by atoms with Gasteiger partial charge >= 0.3 is 0 Å². The molecule has 5 heteroatoms. The molecule has 0 fully saturated rings. The predicted octanol–water partition coefficient (Wildman–Crippen LogP) is 1.29. The fourth-order valence-corrected chi connectivity index (χ4v) is 1.13. The summed E-state index contributed by atoms with van der Waals surface area (Å²) in [6, 6.07) is 5.61. The number of nitrogens with two attached hydrogens (primary N) is 2. The number of halogens is 1. The molecule has 4 nitrogen and oxygen atoms in total. The summed E-state index contributed by atoms with van der Waals surface area (Å²) in [5, 5.41) is 4.46. The van der Waals surface area contributed by atoms with E-state index in [2.05, 4.69) is 5.16 Å². The number of nitrogens with zero attached hydrogens (tertiary/aromatic N) is 1. The van der Waals surface area contributed by atoms with Crippen LogP contribution in [0.2, 0.25) is 0 Å². The lowest BCUT2D eigenvalue weighted by molar-refractivity contribution is 0.460. The van der Waals surface area contributed by atoms with E-state index >= 15 is 0 Å². The van der Waals surface area contributed by atoms with Crippen molar-refractivity contribution >= 4 is 29.2 Å². The van der Waals surface area contributed by atoms with Gasteiger partial charge in [0.15, 0.2) is 11.4 Å². The maximum absolute atomic E-state index is 5.55. The Bertz CT molecular complexity index is 413. The van der Waals surface area contributed by atoms with Crippen molar-refractivity contribution in [3.05, 3.63) is 23.8 Å². The zero-order valence-electron chi connectivity index (χ0n) is 6.86. The highest BCUT2D eigenvalue weighted by atomic mass is 35.5. The van der Waals surface area contributed by atoms with Crippen molar-refractivity contribution in [1.29, 1.82) is 0 Å². The van der Waals surface area contributed by atoms with Gasteiger partial charge in [-0.05, 0) is 17.7 Å². The molecule has 0 amide bonds. The predicted molar refractivity (Wildman–Crippen MR) is 53.6 cm³/mol. The van der Waals surface area contributed by atoms with Gasteiger partial charge in [0.05, 0.1) is 5.39 Å². The summed E-state index contributed by atoms with van der Waals surface area (Å²) in [6.07, 6.45) is 0. The minimum Gasteiger partial charge on any atom is -0.380 e. The van der Waals surface area contributed by atoms with E-state index in [-0.39, 0.29) is 12.4 Å². The van der Waals surface area contributed by atoms with Gasteiger partial charge in [0.25, 0.3) is 0 Å². The molecule has 0 radical (unpaired) electrons. The Labute approximate surface area is 81.3 Å². The van der Waals surface area contributed by atoms with Crippen LogP contribution in [0.3, 0.4) is 0 Å². The maximum atomic E-state index is 5.55. The maximum Gasteiger partial charge on any atom is 0.174 e. The van der Waals surface area contributed by atoms with Gasteiger partial charge in [0.1, 0.15) is 0 Å². The third-order valence-corrected chi connectivity index (χ3v) is 1.80. The molecule has 1 aromatic carbocycles. The van der Waals surface area contributed by atoms with Crippen LogP contribution in [0.15, 0.2) is 22.7 Å². The summed E-state index contributed by atoms with van der Waals surface area (Å²) in [4.78, 5) is 0. The molecule has 2 rings (SSSR count). The van der Waals surface area contributed by atoms with Gasteiger partial charge in [0.2, 0.25) is 0 Å². The number of rotatable bonds is 1. The van der Waals surface area contributed by atoms with Crippen LogP contribution in [0.4, 0.5) is 5.82 Å². The van der Waals surface area contributed by atoms with Crippen LogP contribution in [-0.2, 0) is 6.54 Å². The Morgan fingerprint density at radius 1 is 1.38 bits per heavy atom. The van der Waals surface area contributed by atoms with Crippen molar-refractivity contribution in [2.45, 2.75) is 6.54 Å². The highest BCUT2D eigenvalue weighted by Crippen LogP contribution is 2.20. The second-order valence-electron chi connectivity index (χ2n) is 2.60.